The van der Waals surface area contributed by atoms with Gasteiger partial charge in [0.25, 0.3) is 5.91 Å². The molecule has 0 saturated heterocycles. The van der Waals surface area contributed by atoms with E-state index in [1.165, 1.54) is 6.92 Å². The molecule has 34 heavy (non-hydrogen) atoms. The van der Waals surface area contributed by atoms with Crippen LogP contribution in [0.15, 0.2) is 48.5 Å². The van der Waals surface area contributed by atoms with Crippen LogP contribution in [0.1, 0.15) is 37.8 Å². The van der Waals surface area contributed by atoms with Gasteiger partial charge in [0.2, 0.25) is 5.54 Å². The summed E-state index contributed by atoms with van der Waals surface area (Å²) in [4.78, 5) is 37.1. The van der Waals surface area contributed by atoms with Crippen LogP contribution < -0.4 is 5.32 Å². The minimum absolute atomic E-state index is 0.245. The molecule has 7 nitrogen and oxygen atoms in total. The molecule has 0 bridgehead atoms. The van der Waals surface area contributed by atoms with Crippen LogP contribution in [0.5, 0.6) is 0 Å². The molecule has 3 rings (SSSR count). The van der Waals surface area contributed by atoms with Crippen LogP contribution in [0.2, 0.25) is 0 Å². The molecule has 2 N–H and O–H groups in total. The van der Waals surface area contributed by atoms with E-state index in [9.17, 15) is 27.6 Å². The molecule has 2 unspecified atom stereocenters. The number of halogens is 3. The molecule has 0 spiro atoms. The van der Waals surface area contributed by atoms with E-state index in [4.69, 9.17) is 9.84 Å². The van der Waals surface area contributed by atoms with E-state index in [1.807, 2.05) is 48.5 Å². The number of rotatable bonds is 7. The molecular weight excluding hydrogens is 453 g/mol. The number of nitrogens with zero attached hydrogens (tertiary/aromatic N) is 1. The van der Waals surface area contributed by atoms with Gasteiger partial charge in [-0.1, -0.05) is 48.5 Å². The number of alkyl carbamates (subject to hydrolysis) is 1. The third-order valence-corrected chi connectivity index (χ3v) is 6.12. The Morgan fingerprint density at radius 2 is 1.56 bits per heavy atom. The number of carbonyl (C=O) groups is 3. The predicted octanol–water partition coefficient (Wildman–Crippen LogP) is 4.17. The number of fused-ring (bicyclic) bond motifs is 3. The van der Waals surface area contributed by atoms with Crippen LogP contribution in [-0.4, -0.2) is 58.9 Å². The van der Waals surface area contributed by atoms with E-state index in [1.54, 1.807) is 5.32 Å². The fourth-order valence-electron chi connectivity index (χ4n) is 4.10. The zero-order chi connectivity index (χ0) is 25.3. The molecule has 2 aromatic rings. The number of nitrogens with one attached hydrogen (secondary N) is 1. The molecular formula is C24H25F3N2O5. The Kier molecular flexibility index (Phi) is 6.90. The number of hydrogen-bond acceptors (Lipinski definition) is 4. The largest absolute Gasteiger partial charge is 0.480 e. The standard InChI is InChI=1S/C24H25F3N2O5/c1-4-29(14(2)20(30)31)21(32)23(3,24(25,26)27)28-22(33)34-13-19-17-11-7-5-9-15(17)16-10-6-8-12-18(16)19/h5-12,14,19H,4,13H2,1-3H3,(H,28,33)(H,30,31). The number of aliphatic carboxylic acids is 1. The third-order valence-electron chi connectivity index (χ3n) is 6.12. The summed E-state index contributed by atoms with van der Waals surface area (Å²) < 4.78 is 47.0. The smallest absolute Gasteiger partial charge is 0.420 e. The topological polar surface area (TPSA) is 95.9 Å². The lowest BCUT2D eigenvalue weighted by molar-refractivity contribution is -0.202. The van der Waals surface area contributed by atoms with Crippen molar-refractivity contribution in [3.63, 3.8) is 0 Å². The lowest BCUT2D eigenvalue weighted by Crippen LogP contribution is -2.67. The second-order valence-corrected chi connectivity index (χ2v) is 8.18. The minimum Gasteiger partial charge on any atom is -0.480 e. The fourth-order valence-corrected chi connectivity index (χ4v) is 4.10. The normalized spacial score (nSPS) is 15.5. The maximum absolute atomic E-state index is 13.9. The second kappa shape index (κ2) is 9.36. The summed E-state index contributed by atoms with van der Waals surface area (Å²) in [6.07, 6.45) is -6.64. The van der Waals surface area contributed by atoms with Gasteiger partial charge in [-0.05, 0) is 43.0 Å². The number of likely N-dealkylation sites (N-methyl/N-ethyl adjacent to an activating group) is 1. The van der Waals surface area contributed by atoms with Crippen molar-refractivity contribution in [1.29, 1.82) is 0 Å². The SMILES string of the molecule is CCN(C(=O)C(C)(NC(=O)OCC1c2ccccc2-c2ccccc21)C(F)(F)F)C(C)C(=O)O. The van der Waals surface area contributed by atoms with E-state index < -0.39 is 35.7 Å². The van der Waals surface area contributed by atoms with Crippen LogP contribution in [0.4, 0.5) is 18.0 Å². The molecule has 0 aliphatic heterocycles. The van der Waals surface area contributed by atoms with Crippen molar-refractivity contribution in [2.45, 2.75) is 44.4 Å². The molecule has 10 heteroatoms. The Hall–Kier alpha value is -3.56. The Bertz CT molecular complexity index is 1060. The van der Waals surface area contributed by atoms with Gasteiger partial charge in [-0.25, -0.2) is 9.59 Å². The average molecular weight is 478 g/mol. The molecule has 0 fully saturated rings. The zero-order valence-electron chi connectivity index (χ0n) is 18.8. The van der Waals surface area contributed by atoms with Gasteiger partial charge in [-0.15, -0.1) is 0 Å². The van der Waals surface area contributed by atoms with E-state index in [2.05, 4.69) is 0 Å². The second-order valence-electron chi connectivity index (χ2n) is 8.18. The Balaban J connectivity index is 1.80. The van der Waals surface area contributed by atoms with Crippen molar-refractivity contribution in [3.8, 4) is 11.1 Å². The van der Waals surface area contributed by atoms with Crippen LogP contribution >= 0.6 is 0 Å². The number of amides is 2. The van der Waals surface area contributed by atoms with Crippen LogP contribution in [0, 0.1) is 0 Å². The molecule has 2 atom stereocenters. The highest BCUT2D eigenvalue weighted by Crippen LogP contribution is 2.44. The average Bonchev–Trinajstić information content (AvgIpc) is 3.11. The molecule has 0 saturated carbocycles. The predicted molar refractivity (Wildman–Crippen MR) is 117 cm³/mol. The summed E-state index contributed by atoms with van der Waals surface area (Å²) in [5.41, 5.74) is 0.263. The number of ether oxygens (including phenoxy) is 1. The summed E-state index contributed by atoms with van der Waals surface area (Å²) >= 11 is 0. The third kappa shape index (κ3) is 4.44. The van der Waals surface area contributed by atoms with Crippen molar-refractivity contribution in [2.75, 3.05) is 13.2 Å². The molecule has 1 aliphatic rings. The van der Waals surface area contributed by atoms with Crippen molar-refractivity contribution in [1.82, 2.24) is 10.2 Å². The number of benzene rings is 2. The maximum atomic E-state index is 13.9. The summed E-state index contributed by atoms with van der Waals surface area (Å²) in [5, 5.41) is 10.8. The highest BCUT2D eigenvalue weighted by Gasteiger charge is 2.60. The summed E-state index contributed by atoms with van der Waals surface area (Å²) in [5.74, 6) is -3.45. The quantitative estimate of drug-likeness (QED) is 0.623. The molecule has 2 aromatic carbocycles. The Labute approximate surface area is 194 Å². The molecule has 182 valence electrons. The van der Waals surface area contributed by atoms with Gasteiger partial charge in [0, 0.05) is 12.5 Å². The van der Waals surface area contributed by atoms with Crippen molar-refractivity contribution in [3.05, 3.63) is 59.7 Å². The monoisotopic (exact) mass is 478 g/mol. The van der Waals surface area contributed by atoms with Gasteiger partial charge in [-0.3, -0.25) is 10.1 Å². The van der Waals surface area contributed by atoms with Crippen molar-refractivity contribution >= 4 is 18.0 Å². The minimum atomic E-state index is -5.21. The van der Waals surface area contributed by atoms with Crippen LogP contribution in [0.25, 0.3) is 11.1 Å². The Morgan fingerprint density at radius 1 is 1.06 bits per heavy atom. The summed E-state index contributed by atoms with van der Waals surface area (Å²) in [7, 11) is 0. The van der Waals surface area contributed by atoms with Gasteiger partial charge < -0.3 is 14.7 Å². The van der Waals surface area contributed by atoms with E-state index >= 15 is 0 Å². The van der Waals surface area contributed by atoms with Gasteiger partial charge in [0.1, 0.15) is 12.6 Å². The first-order valence-corrected chi connectivity index (χ1v) is 10.7. The van der Waals surface area contributed by atoms with Crippen molar-refractivity contribution in [2.24, 2.45) is 0 Å². The summed E-state index contributed by atoms with van der Waals surface area (Å²) in [6.45, 7) is 2.39. The number of carboxylic acid groups (broad SMARTS) is 1. The van der Waals surface area contributed by atoms with Crippen molar-refractivity contribution < 1.29 is 37.4 Å². The highest BCUT2D eigenvalue weighted by atomic mass is 19.4. The number of hydrogen-bond donors (Lipinski definition) is 2. The van der Waals surface area contributed by atoms with E-state index in [0.717, 1.165) is 29.2 Å². The first-order chi connectivity index (χ1) is 15.9. The van der Waals surface area contributed by atoms with Crippen LogP contribution in [0.3, 0.4) is 0 Å². The summed E-state index contributed by atoms with van der Waals surface area (Å²) in [6, 6.07) is 13.4. The maximum Gasteiger partial charge on any atom is 0.420 e. The number of carbonyl (C=O) groups excluding carboxylic acids is 2. The lowest BCUT2D eigenvalue weighted by Gasteiger charge is -2.37. The first-order valence-electron chi connectivity index (χ1n) is 10.7. The van der Waals surface area contributed by atoms with Gasteiger partial charge >= 0.3 is 18.2 Å². The number of alkyl halides is 3. The molecule has 2 amide bonds. The van der Waals surface area contributed by atoms with Gasteiger partial charge in [-0.2, -0.15) is 13.2 Å². The fraction of sp³-hybridized carbons (Fsp3) is 0.375. The lowest BCUT2D eigenvalue weighted by atomic mass is 9.98. The van der Waals surface area contributed by atoms with Crippen LogP contribution in [-0.2, 0) is 14.3 Å². The van der Waals surface area contributed by atoms with E-state index in [0.29, 0.717) is 11.8 Å². The zero-order valence-corrected chi connectivity index (χ0v) is 18.8. The molecule has 1 aliphatic carbocycles. The van der Waals surface area contributed by atoms with E-state index in [-0.39, 0.29) is 19.1 Å². The Morgan fingerprint density at radius 3 is 2.00 bits per heavy atom. The highest BCUT2D eigenvalue weighted by molar-refractivity contribution is 5.93. The van der Waals surface area contributed by atoms with Gasteiger partial charge in [0.05, 0.1) is 0 Å². The first kappa shape index (κ1) is 25.1. The van der Waals surface area contributed by atoms with Gasteiger partial charge in [0.15, 0.2) is 0 Å². The molecule has 0 heterocycles. The molecule has 0 aromatic heterocycles. The number of carboxylic acids is 1. The molecule has 0 radical (unpaired) electrons.